The summed E-state index contributed by atoms with van der Waals surface area (Å²) >= 11 is 1.66. The molecule has 3 heterocycles. The van der Waals surface area contributed by atoms with Crippen LogP contribution in [0.4, 0.5) is 5.00 Å². The number of hydrogen-bond acceptors (Lipinski definition) is 5. The summed E-state index contributed by atoms with van der Waals surface area (Å²) in [6.45, 7) is 6.96. The predicted molar refractivity (Wildman–Crippen MR) is 107 cm³/mol. The van der Waals surface area contributed by atoms with Crippen molar-refractivity contribution in [3.8, 4) is 5.75 Å². The van der Waals surface area contributed by atoms with Crippen LogP contribution in [-0.4, -0.2) is 50.0 Å². The molecular weight excluding hydrogens is 344 g/mol. The first-order valence-corrected chi connectivity index (χ1v) is 10.3. The second-order valence-corrected chi connectivity index (χ2v) is 8.32. The normalized spacial score (nSPS) is 19.8. The van der Waals surface area contributed by atoms with Crippen LogP contribution in [-0.2, 0) is 6.42 Å². The van der Waals surface area contributed by atoms with Crippen molar-refractivity contribution in [1.29, 1.82) is 0 Å². The number of benzene rings is 1. The summed E-state index contributed by atoms with van der Waals surface area (Å²) in [4.78, 5) is 18.8. The van der Waals surface area contributed by atoms with E-state index in [1.807, 2.05) is 24.3 Å². The SMILES string of the molecule is COc1ccc(C(=O)c2cc3c(s2)N(CCN2CCCC2)C(C)C3)cc1. The summed E-state index contributed by atoms with van der Waals surface area (Å²) in [6, 6.07) is 10.0. The molecule has 0 bridgehead atoms. The highest BCUT2D eigenvalue weighted by Gasteiger charge is 2.30. The zero-order chi connectivity index (χ0) is 18.1. The Bertz CT molecular complexity index is 778. The molecule has 0 N–H and O–H groups in total. The van der Waals surface area contributed by atoms with Gasteiger partial charge in [-0.25, -0.2) is 0 Å². The molecule has 26 heavy (non-hydrogen) atoms. The van der Waals surface area contributed by atoms with Gasteiger partial charge in [0.15, 0.2) is 0 Å². The van der Waals surface area contributed by atoms with Crippen molar-refractivity contribution in [3.05, 3.63) is 46.3 Å². The second kappa shape index (κ2) is 7.41. The maximum absolute atomic E-state index is 12.8. The Morgan fingerprint density at radius 2 is 1.92 bits per heavy atom. The Hall–Kier alpha value is -1.85. The molecule has 0 amide bonds. The monoisotopic (exact) mass is 370 g/mol. The molecule has 0 aliphatic carbocycles. The number of ketones is 1. The number of rotatable bonds is 6. The van der Waals surface area contributed by atoms with Gasteiger partial charge in [0.2, 0.25) is 5.78 Å². The Balaban J connectivity index is 1.49. The van der Waals surface area contributed by atoms with Crippen molar-refractivity contribution in [3.63, 3.8) is 0 Å². The number of thiophene rings is 1. The van der Waals surface area contributed by atoms with Crippen molar-refractivity contribution < 1.29 is 9.53 Å². The number of ether oxygens (including phenoxy) is 1. The van der Waals surface area contributed by atoms with Crippen molar-refractivity contribution in [1.82, 2.24) is 4.90 Å². The molecule has 2 aromatic rings. The second-order valence-electron chi connectivity index (χ2n) is 7.29. The Morgan fingerprint density at radius 1 is 1.19 bits per heavy atom. The van der Waals surface area contributed by atoms with E-state index < -0.39 is 0 Å². The molecule has 1 aromatic heterocycles. The lowest BCUT2D eigenvalue weighted by molar-refractivity contribution is 0.104. The summed E-state index contributed by atoms with van der Waals surface area (Å²) in [5, 5.41) is 1.30. The van der Waals surface area contributed by atoms with Gasteiger partial charge in [-0.2, -0.15) is 0 Å². The smallest absolute Gasteiger partial charge is 0.203 e. The molecule has 1 fully saturated rings. The number of likely N-dealkylation sites (tertiary alicyclic amines) is 1. The summed E-state index contributed by atoms with van der Waals surface area (Å²) in [5.74, 6) is 0.885. The van der Waals surface area contributed by atoms with Gasteiger partial charge in [0.25, 0.3) is 0 Å². The van der Waals surface area contributed by atoms with Crippen LogP contribution >= 0.6 is 11.3 Å². The largest absolute Gasteiger partial charge is 0.497 e. The molecular formula is C21H26N2O2S. The molecule has 4 nitrogen and oxygen atoms in total. The minimum absolute atomic E-state index is 0.110. The predicted octanol–water partition coefficient (Wildman–Crippen LogP) is 3.83. The van der Waals surface area contributed by atoms with Gasteiger partial charge in [0.1, 0.15) is 5.75 Å². The standard InChI is InChI=1S/C21H26N2O2S/c1-15-13-17-14-19(20(24)16-5-7-18(25-2)8-6-16)26-21(17)23(15)12-11-22-9-3-4-10-22/h5-8,14-15H,3-4,9-13H2,1-2H3. The number of nitrogens with zero attached hydrogens (tertiary/aromatic N) is 2. The van der Waals surface area contributed by atoms with Gasteiger partial charge in [-0.1, -0.05) is 0 Å². The maximum atomic E-state index is 12.8. The minimum Gasteiger partial charge on any atom is -0.497 e. The van der Waals surface area contributed by atoms with Crippen molar-refractivity contribution in [2.75, 3.05) is 38.2 Å². The first-order valence-electron chi connectivity index (χ1n) is 9.46. The van der Waals surface area contributed by atoms with E-state index in [2.05, 4.69) is 22.8 Å². The Morgan fingerprint density at radius 3 is 2.62 bits per heavy atom. The lowest BCUT2D eigenvalue weighted by Gasteiger charge is -2.26. The van der Waals surface area contributed by atoms with Gasteiger partial charge >= 0.3 is 0 Å². The number of anilines is 1. The quantitative estimate of drug-likeness (QED) is 0.724. The lowest BCUT2D eigenvalue weighted by Crippen LogP contribution is -2.36. The fourth-order valence-corrected chi connectivity index (χ4v) is 5.29. The molecule has 4 rings (SSSR count). The molecule has 1 aromatic carbocycles. The van der Waals surface area contributed by atoms with Crippen LogP contribution in [0.15, 0.2) is 30.3 Å². The molecule has 0 spiro atoms. The zero-order valence-electron chi connectivity index (χ0n) is 15.5. The van der Waals surface area contributed by atoms with Gasteiger partial charge in [0.05, 0.1) is 17.0 Å². The average Bonchev–Trinajstić information content (AvgIpc) is 3.36. The molecule has 1 unspecified atom stereocenters. The van der Waals surface area contributed by atoms with Crippen molar-refractivity contribution >= 4 is 22.1 Å². The fourth-order valence-electron chi connectivity index (χ4n) is 4.01. The summed E-state index contributed by atoms with van der Waals surface area (Å²) < 4.78 is 5.18. The van der Waals surface area contributed by atoms with Gasteiger partial charge < -0.3 is 14.5 Å². The molecule has 2 aliphatic heterocycles. The molecule has 138 valence electrons. The molecule has 2 aliphatic rings. The first kappa shape index (κ1) is 17.6. The molecule has 5 heteroatoms. The van der Waals surface area contributed by atoms with E-state index >= 15 is 0 Å². The van der Waals surface area contributed by atoms with E-state index in [4.69, 9.17) is 4.74 Å². The maximum Gasteiger partial charge on any atom is 0.203 e. The summed E-state index contributed by atoms with van der Waals surface area (Å²) in [6.07, 6.45) is 3.71. The molecule has 1 saturated heterocycles. The van der Waals surface area contributed by atoms with Gasteiger partial charge in [-0.15, -0.1) is 11.3 Å². The Kier molecular flexibility index (Phi) is 5.00. The third-order valence-corrected chi connectivity index (χ3v) is 6.74. The summed E-state index contributed by atoms with van der Waals surface area (Å²) in [7, 11) is 1.64. The van der Waals surface area contributed by atoms with Crippen LogP contribution in [0.1, 0.15) is 40.6 Å². The number of fused-ring (bicyclic) bond motifs is 1. The lowest BCUT2D eigenvalue weighted by atomic mass is 10.1. The van der Waals surface area contributed by atoms with E-state index in [-0.39, 0.29) is 5.78 Å². The van der Waals surface area contributed by atoms with Gasteiger partial charge in [0, 0.05) is 24.7 Å². The third kappa shape index (κ3) is 3.38. The third-order valence-electron chi connectivity index (χ3n) is 5.53. The highest BCUT2D eigenvalue weighted by Crippen LogP contribution is 2.40. The van der Waals surface area contributed by atoms with Crippen LogP contribution in [0.5, 0.6) is 5.75 Å². The van der Waals surface area contributed by atoms with E-state index in [1.165, 1.54) is 36.5 Å². The average molecular weight is 371 g/mol. The fraction of sp³-hybridized carbons (Fsp3) is 0.476. The van der Waals surface area contributed by atoms with E-state index in [0.717, 1.165) is 35.7 Å². The van der Waals surface area contributed by atoms with Crippen molar-refractivity contribution in [2.24, 2.45) is 0 Å². The van der Waals surface area contributed by atoms with E-state index in [1.54, 1.807) is 18.4 Å². The Labute approximate surface area is 159 Å². The van der Waals surface area contributed by atoms with Crippen LogP contribution in [0, 0.1) is 0 Å². The van der Waals surface area contributed by atoms with E-state index in [0.29, 0.717) is 6.04 Å². The number of hydrogen-bond donors (Lipinski definition) is 0. The first-order chi connectivity index (χ1) is 12.7. The van der Waals surface area contributed by atoms with Crippen LogP contribution in [0.3, 0.4) is 0 Å². The number of carbonyl (C=O) groups is 1. The van der Waals surface area contributed by atoms with Crippen molar-refractivity contribution in [2.45, 2.75) is 32.2 Å². The van der Waals surface area contributed by atoms with Gasteiger partial charge in [-0.3, -0.25) is 4.79 Å². The highest BCUT2D eigenvalue weighted by molar-refractivity contribution is 7.18. The summed E-state index contributed by atoms with van der Waals surface area (Å²) in [5.41, 5.74) is 2.06. The minimum atomic E-state index is 0.110. The van der Waals surface area contributed by atoms with Gasteiger partial charge in [-0.05, 0) is 75.2 Å². The van der Waals surface area contributed by atoms with Crippen LogP contribution < -0.4 is 9.64 Å². The molecule has 0 saturated carbocycles. The topological polar surface area (TPSA) is 32.8 Å². The molecule has 1 atom stereocenters. The number of methoxy groups -OCH3 is 1. The van der Waals surface area contributed by atoms with Crippen LogP contribution in [0.25, 0.3) is 0 Å². The highest BCUT2D eigenvalue weighted by atomic mass is 32.1. The van der Waals surface area contributed by atoms with Crippen LogP contribution in [0.2, 0.25) is 0 Å². The molecule has 0 radical (unpaired) electrons. The van der Waals surface area contributed by atoms with E-state index in [9.17, 15) is 4.79 Å². The zero-order valence-corrected chi connectivity index (χ0v) is 16.3. The number of carbonyl (C=O) groups excluding carboxylic acids is 1.